The number of hydrogen-bond donors (Lipinski definition) is 2. The Hall–Kier alpha value is -1.36. The van der Waals surface area contributed by atoms with Crippen molar-refractivity contribution in [3.8, 4) is 0 Å². The fraction of sp³-hybridized carbons (Fsp3) is 0.625. The molecule has 0 aliphatic heterocycles. The molecule has 2 amide bonds. The van der Waals surface area contributed by atoms with Crippen molar-refractivity contribution in [1.82, 2.24) is 10.6 Å². The molecular weight excluding hydrogens is 284 g/mol. The molecule has 1 aliphatic rings. The van der Waals surface area contributed by atoms with Crippen LogP contribution in [0.4, 0.5) is 0 Å². The highest BCUT2D eigenvalue weighted by atomic mass is 32.1. The van der Waals surface area contributed by atoms with Gasteiger partial charge in [-0.3, -0.25) is 9.59 Å². The van der Waals surface area contributed by atoms with Crippen molar-refractivity contribution in [2.75, 3.05) is 13.1 Å². The van der Waals surface area contributed by atoms with Gasteiger partial charge in [0.1, 0.15) is 0 Å². The minimum absolute atomic E-state index is 0.0545. The first-order chi connectivity index (χ1) is 10.1. The summed E-state index contributed by atoms with van der Waals surface area (Å²) in [6.07, 6.45) is 5.50. The van der Waals surface area contributed by atoms with Gasteiger partial charge in [0.05, 0.1) is 11.4 Å². The zero-order valence-corrected chi connectivity index (χ0v) is 13.6. The molecule has 4 nitrogen and oxygen atoms in total. The van der Waals surface area contributed by atoms with Crippen molar-refractivity contribution in [2.45, 2.75) is 46.0 Å². The monoisotopic (exact) mass is 308 g/mol. The molecule has 2 N–H and O–H groups in total. The quantitative estimate of drug-likeness (QED) is 0.848. The summed E-state index contributed by atoms with van der Waals surface area (Å²) < 4.78 is 0. The van der Waals surface area contributed by atoms with Crippen molar-refractivity contribution in [1.29, 1.82) is 0 Å². The van der Waals surface area contributed by atoms with Gasteiger partial charge in [0.25, 0.3) is 5.91 Å². The summed E-state index contributed by atoms with van der Waals surface area (Å²) in [5.74, 6) is 0.495. The van der Waals surface area contributed by atoms with E-state index in [4.69, 9.17) is 0 Å². The lowest BCUT2D eigenvalue weighted by Crippen LogP contribution is -2.36. The molecule has 116 valence electrons. The summed E-state index contributed by atoms with van der Waals surface area (Å²) >= 11 is 1.58. The molecule has 1 heterocycles. The standard InChI is InChI=1S/C16H24N2O2S/c1-3-7-17-15(19)10-18-16(20)14-9-12-8-11(4-2)5-6-13(12)21-14/h9,11H,3-8,10H2,1-2H3,(H,17,19)(H,18,20)/t11-/m1/s1. The number of aryl methyl sites for hydroxylation is 1. The third kappa shape index (κ3) is 4.30. The third-order valence-corrected chi connectivity index (χ3v) is 5.20. The van der Waals surface area contributed by atoms with Crippen LogP contribution in [0.2, 0.25) is 0 Å². The van der Waals surface area contributed by atoms with Gasteiger partial charge in [-0.1, -0.05) is 20.3 Å². The molecule has 0 radical (unpaired) electrons. The minimum Gasteiger partial charge on any atom is -0.355 e. The summed E-state index contributed by atoms with van der Waals surface area (Å²) in [5.41, 5.74) is 1.33. The lowest BCUT2D eigenvalue weighted by atomic mass is 9.87. The maximum Gasteiger partial charge on any atom is 0.261 e. The smallest absolute Gasteiger partial charge is 0.261 e. The van der Waals surface area contributed by atoms with Crippen LogP contribution in [0.3, 0.4) is 0 Å². The summed E-state index contributed by atoms with van der Waals surface area (Å²) in [7, 11) is 0. The highest BCUT2D eigenvalue weighted by molar-refractivity contribution is 7.14. The summed E-state index contributed by atoms with van der Waals surface area (Å²) in [6.45, 7) is 4.93. The zero-order chi connectivity index (χ0) is 15.2. The first kappa shape index (κ1) is 16.0. The van der Waals surface area contributed by atoms with Crippen LogP contribution in [-0.2, 0) is 17.6 Å². The topological polar surface area (TPSA) is 58.2 Å². The predicted octanol–water partition coefficient (Wildman–Crippen LogP) is 2.52. The van der Waals surface area contributed by atoms with Crippen molar-refractivity contribution in [2.24, 2.45) is 5.92 Å². The average Bonchev–Trinajstić information content (AvgIpc) is 2.93. The Morgan fingerprint density at radius 1 is 1.33 bits per heavy atom. The number of nitrogens with one attached hydrogen (secondary N) is 2. The SMILES string of the molecule is CCCNC(=O)CNC(=O)c1cc2c(s1)CC[C@@H](CC)C2. The number of thiophene rings is 1. The van der Waals surface area contributed by atoms with Gasteiger partial charge in [-0.25, -0.2) is 0 Å². The highest BCUT2D eigenvalue weighted by Crippen LogP contribution is 2.33. The number of hydrogen-bond acceptors (Lipinski definition) is 3. The molecule has 2 rings (SSSR count). The molecule has 1 aromatic heterocycles. The molecule has 1 aliphatic carbocycles. The normalized spacial score (nSPS) is 17.1. The molecule has 1 atom stereocenters. The van der Waals surface area contributed by atoms with E-state index in [2.05, 4.69) is 17.6 Å². The summed E-state index contributed by atoms with van der Waals surface area (Å²) in [6, 6.07) is 2.01. The van der Waals surface area contributed by atoms with Crippen LogP contribution in [0.25, 0.3) is 0 Å². The molecule has 1 aromatic rings. The zero-order valence-electron chi connectivity index (χ0n) is 12.8. The number of amides is 2. The number of fused-ring (bicyclic) bond motifs is 1. The Morgan fingerprint density at radius 2 is 2.14 bits per heavy atom. The van der Waals surface area contributed by atoms with E-state index in [1.807, 2.05) is 13.0 Å². The van der Waals surface area contributed by atoms with Crippen LogP contribution in [0, 0.1) is 5.92 Å². The molecule has 0 saturated heterocycles. The van der Waals surface area contributed by atoms with Gasteiger partial charge in [-0.15, -0.1) is 11.3 Å². The van der Waals surface area contributed by atoms with Gasteiger partial charge in [-0.2, -0.15) is 0 Å². The third-order valence-electron chi connectivity index (χ3n) is 3.97. The van der Waals surface area contributed by atoms with Gasteiger partial charge in [0, 0.05) is 11.4 Å². The average molecular weight is 308 g/mol. The lowest BCUT2D eigenvalue weighted by molar-refractivity contribution is -0.120. The molecule has 0 aromatic carbocycles. The minimum atomic E-state index is -0.130. The van der Waals surface area contributed by atoms with E-state index < -0.39 is 0 Å². The summed E-state index contributed by atoms with van der Waals surface area (Å²) in [5, 5.41) is 5.45. The number of carbonyl (C=O) groups excluding carboxylic acids is 2. The Bertz CT molecular complexity index is 510. The molecule has 21 heavy (non-hydrogen) atoms. The Morgan fingerprint density at radius 3 is 2.86 bits per heavy atom. The number of rotatable bonds is 6. The Labute approximate surface area is 130 Å². The maximum atomic E-state index is 12.1. The predicted molar refractivity (Wildman–Crippen MR) is 85.8 cm³/mol. The molecule has 0 spiro atoms. The van der Waals surface area contributed by atoms with Crippen LogP contribution < -0.4 is 10.6 Å². The van der Waals surface area contributed by atoms with Crippen molar-refractivity contribution in [3.05, 3.63) is 21.4 Å². The van der Waals surface area contributed by atoms with Gasteiger partial charge in [0.2, 0.25) is 5.91 Å². The van der Waals surface area contributed by atoms with Gasteiger partial charge in [0.15, 0.2) is 0 Å². The van der Waals surface area contributed by atoms with Crippen LogP contribution in [0.5, 0.6) is 0 Å². The van der Waals surface area contributed by atoms with Gasteiger partial charge in [-0.05, 0) is 43.2 Å². The van der Waals surface area contributed by atoms with Crippen molar-refractivity contribution < 1.29 is 9.59 Å². The van der Waals surface area contributed by atoms with E-state index in [0.717, 1.165) is 30.1 Å². The van der Waals surface area contributed by atoms with E-state index in [-0.39, 0.29) is 18.4 Å². The number of carbonyl (C=O) groups is 2. The van der Waals surface area contributed by atoms with Crippen LogP contribution in [-0.4, -0.2) is 24.9 Å². The highest BCUT2D eigenvalue weighted by Gasteiger charge is 2.22. The Kier molecular flexibility index (Phi) is 5.79. The van der Waals surface area contributed by atoms with Crippen LogP contribution in [0.15, 0.2) is 6.07 Å². The largest absolute Gasteiger partial charge is 0.355 e. The molecule has 0 bridgehead atoms. The molecule has 0 unspecified atom stereocenters. The van der Waals surface area contributed by atoms with E-state index >= 15 is 0 Å². The van der Waals surface area contributed by atoms with E-state index in [1.165, 1.54) is 23.3 Å². The maximum absolute atomic E-state index is 12.1. The lowest BCUT2D eigenvalue weighted by Gasteiger charge is -2.19. The first-order valence-corrected chi connectivity index (χ1v) is 8.62. The van der Waals surface area contributed by atoms with E-state index in [1.54, 1.807) is 11.3 Å². The molecule has 5 heteroatoms. The van der Waals surface area contributed by atoms with Crippen molar-refractivity contribution >= 4 is 23.2 Å². The Balaban J connectivity index is 1.89. The molecule has 0 saturated carbocycles. The van der Waals surface area contributed by atoms with Crippen LogP contribution >= 0.6 is 11.3 Å². The molecular formula is C16H24N2O2S. The second-order valence-electron chi connectivity index (χ2n) is 5.61. The van der Waals surface area contributed by atoms with E-state index in [0.29, 0.717) is 6.54 Å². The van der Waals surface area contributed by atoms with Gasteiger partial charge >= 0.3 is 0 Å². The van der Waals surface area contributed by atoms with Crippen molar-refractivity contribution in [3.63, 3.8) is 0 Å². The fourth-order valence-corrected chi connectivity index (χ4v) is 3.76. The van der Waals surface area contributed by atoms with Gasteiger partial charge < -0.3 is 10.6 Å². The van der Waals surface area contributed by atoms with E-state index in [9.17, 15) is 9.59 Å². The summed E-state index contributed by atoms with van der Waals surface area (Å²) in [4.78, 5) is 25.7. The fourth-order valence-electron chi connectivity index (χ4n) is 2.63. The molecule has 0 fully saturated rings. The second kappa shape index (κ2) is 7.59. The van der Waals surface area contributed by atoms with Crippen LogP contribution in [0.1, 0.15) is 53.2 Å². The first-order valence-electron chi connectivity index (χ1n) is 7.80. The second-order valence-corrected chi connectivity index (χ2v) is 6.75.